The number of para-hydroxylation sites is 1. The van der Waals surface area contributed by atoms with Crippen LogP contribution in [0.1, 0.15) is 114 Å². The average Bonchev–Trinajstić information content (AvgIpc) is 4.31. The summed E-state index contributed by atoms with van der Waals surface area (Å²) in [4.78, 5) is 85.9. The Morgan fingerprint density at radius 1 is 0.854 bits per heavy atom. The number of aromatic nitrogens is 3. The molecule has 1 saturated carbocycles. The van der Waals surface area contributed by atoms with Crippen molar-refractivity contribution in [2.75, 3.05) is 23.3 Å². The number of fused-ring (bicyclic) bond motifs is 2. The predicted octanol–water partition coefficient (Wildman–Crippen LogP) is 10.9. The maximum absolute atomic E-state index is 14.6. The Kier molecular flexibility index (Phi) is 16.6. The van der Waals surface area contributed by atoms with Crippen LogP contribution in [-0.4, -0.2) is 103 Å². The number of ether oxygens (including phenoxy) is 1. The summed E-state index contributed by atoms with van der Waals surface area (Å²) in [6.07, 6.45) is -3.36. The number of β-amino-alcohol motifs (C(OH)–C–C–N with tert-alkyl or cyclic N) is 1. The van der Waals surface area contributed by atoms with Crippen molar-refractivity contribution in [2.24, 2.45) is 11.3 Å². The number of aliphatic hydroxyl groups excluding tert-OH is 1. The zero-order valence-electron chi connectivity index (χ0n) is 45.9. The highest BCUT2D eigenvalue weighted by Crippen LogP contribution is 2.39. The molecule has 4 amide bonds. The number of hydrogen-bond acceptors (Lipinski definition) is 13. The molecule has 10 rings (SSSR count). The van der Waals surface area contributed by atoms with Crippen LogP contribution in [-0.2, 0) is 27.3 Å². The zero-order valence-corrected chi connectivity index (χ0v) is 47.5. The van der Waals surface area contributed by atoms with Gasteiger partial charge in [0, 0.05) is 43.6 Å². The summed E-state index contributed by atoms with van der Waals surface area (Å²) in [7, 11) is 0. The van der Waals surface area contributed by atoms with E-state index in [1.807, 2.05) is 66.4 Å². The topological polar surface area (TPSA) is 216 Å². The lowest BCUT2D eigenvalue weighted by molar-refractivity contribution is -0.165. The van der Waals surface area contributed by atoms with E-state index in [-0.39, 0.29) is 48.6 Å². The van der Waals surface area contributed by atoms with Crippen molar-refractivity contribution in [3.63, 3.8) is 0 Å². The first-order valence-electron chi connectivity index (χ1n) is 27.3. The van der Waals surface area contributed by atoms with E-state index in [0.717, 1.165) is 42.4 Å². The van der Waals surface area contributed by atoms with Crippen LogP contribution in [0.4, 0.5) is 24.1 Å². The number of carboxylic acid groups (broad SMARTS) is 1. The van der Waals surface area contributed by atoms with Crippen LogP contribution in [0.2, 0.25) is 0 Å². The van der Waals surface area contributed by atoms with E-state index < -0.39 is 59.5 Å². The van der Waals surface area contributed by atoms with Gasteiger partial charge in [0.05, 0.1) is 38.5 Å². The summed E-state index contributed by atoms with van der Waals surface area (Å²) >= 11 is 2.76. The molecule has 0 spiro atoms. The van der Waals surface area contributed by atoms with Gasteiger partial charge in [-0.3, -0.25) is 24.5 Å². The van der Waals surface area contributed by atoms with Gasteiger partial charge in [0.15, 0.2) is 16.9 Å². The lowest BCUT2D eigenvalue weighted by atomic mass is 9.83. The number of aliphatic hydroxyl groups is 1. The minimum Gasteiger partial charge on any atom is -0.490 e. The van der Waals surface area contributed by atoms with Gasteiger partial charge in [-0.05, 0) is 127 Å². The highest BCUT2D eigenvalue weighted by atomic mass is 32.1. The molecule has 1 aliphatic carbocycles. The molecule has 16 nitrogen and oxygen atoms in total. The van der Waals surface area contributed by atoms with Crippen LogP contribution in [0.3, 0.4) is 0 Å². The second kappa shape index (κ2) is 23.6. The number of halogens is 3. The van der Waals surface area contributed by atoms with Gasteiger partial charge < -0.3 is 35.4 Å². The maximum atomic E-state index is 14.6. The number of nitrogens with zero attached hydrogens (tertiary/aromatic N) is 5. The van der Waals surface area contributed by atoms with Crippen molar-refractivity contribution in [1.29, 1.82) is 0 Å². The van der Waals surface area contributed by atoms with Crippen LogP contribution >= 0.6 is 22.7 Å². The number of rotatable bonds is 15. The number of hydrogen-bond donors (Lipinski definition) is 5. The van der Waals surface area contributed by atoms with Gasteiger partial charge in [0.25, 0.3) is 5.91 Å². The minimum absolute atomic E-state index is 0.0567. The highest BCUT2D eigenvalue weighted by Gasteiger charge is 2.48. The fourth-order valence-corrected chi connectivity index (χ4v) is 13.0. The van der Waals surface area contributed by atoms with Gasteiger partial charge in [-0.15, -0.1) is 11.3 Å². The van der Waals surface area contributed by atoms with Crippen molar-refractivity contribution in [2.45, 2.75) is 123 Å². The fourth-order valence-electron chi connectivity index (χ4n) is 11.4. The summed E-state index contributed by atoms with van der Waals surface area (Å²) in [5, 5.41) is 29.8. The van der Waals surface area contributed by atoms with Gasteiger partial charge >= 0.3 is 12.1 Å². The smallest absolute Gasteiger partial charge is 0.412 e. The molecule has 1 unspecified atom stereocenters. The zero-order chi connectivity index (χ0) is 58.2. The number of amides is 4. The molecule has 0 bridgehead atoms. The van der Waals surface area contributed by atoms with Gasteiger partial charge in [-0.25, -0.2) is 19.7 Å². The number of benzene rings is 4. The summed E-state index contributed by atoms with van der Waals surface area (Å²) < 4.78 is 51.4. The van der Waals surface area contributed by atoms with E-state index in [4.69, 9.17) is 9.72 Å². The van der Waals surface area contributed by atoms with E-state index in [1.54, 1.807) is 51.4 Å². The predicted molar refractivity (Wildman–Crippen MR) is 308 cm³/mol. The van der Waals surface area contributed by atoms with Crippen LogP contribution in [0.25, 0.3) is 31.8 Å². The molecule has 21 heteroatoms. The summed E-state index contributed by atoms with van der Waals surface area (Å²) in [6, 6.07) is 23.1. The van der Waals surface area contributed by atoms with Gasteiger partial charge in [0.2, 0.25) is 17.7 Å². The third-order valence-corrected chi connectivity index (χ3v) is 17.7. The first-order valence-corrected chi connectivity index (χ1v) is 29.0. The quantitative estimate of drug-likeness (QED) is 0.0648. The van der Waals surface area contributed by atoms with E-state index in [1.165, 1.54) is 46.9 Å². The number of alkyl halides is 3. The molecular formula is C61H63F3N8O8S2. The first-order chi connectivity index (χ1) is 39.1. The second-order valence-corrected chi connectivity index (χ2v) is 24.3. The molecule has 1 saturated heterocycles. The molecule has 7 aromatic rings. The molecule has 3 aromatic heterocycles. The Hall–Kier alpha value is -7.75. The summed E-state index contributed by atoms with van der Waals surface area (Å²) in [5.41, 5.74) is 6.81. The summed E-state index contributed by atoms with van der Waals surface area (Å²) in [6.45, 7) is 9.49. The molecule has 2 aliphatic heterocycles. The third kappa shape index (κ3) is 12.5. The number of carboxylic acids is 1. The van der Waals surface area contributed by atoms with Crippen LogP contribution in [0, 0.1) is 25.2 Å². The van der Waals surface area contributed by atoms with Crippen molar-refractivity contribution in [3.05, 3.63) is 142 Å². The first kappa shape index (κ1) is 57.5. The molecule has 0 radical (unpaired) electrons. The molecule has 428 valence electrons. The standard InChI is InChI=1S/C61H63F3N8O8S2/c1-33-41(42-24-25-49(67-51(42)58(78)79)71-27-26-36-10-8-12-43(44(36)31-71)55(75)70-59-66-45-13-6-7-15-48(45)82-59)11-9-14-47(33)80-40-22-16-35(17-23-40)28-50(74)68-54(60(3,4)5)57(77)72-30-39(73)29-46(72)56(76)69-53(61(62,63)64)38-20-18-37(19-21-38)52-34(2)65-32-81-52/h6-15,18-21,24-25,32,35,39-40,46,53-54,73H,16-17,22-23,26-31H2,1-5H3,(H,68,74)(H,69,76)(H,78,79)(H,66,70,75)/t35?,39-,40?,46+,53-,54?/m1/s1. The van der Waals surface area contributed by atoms with E-state index in [2.05, 4.69) is 25.9 Å². The lowest BCUT2D eigenvalue weighted by Crippen LogP contribution is -2.58. The number of nitrogens with one attached hydrogen (secondary N) is 3. The number of likely N-dealkylation sites (tertiary alicyclic amines) is 1. The Labute approximate surface area is 480 Å². The lowest BCUT2D eigenvalue weighted by Gasteiger charge is -2.36. The monoisotopic (exact) mass is 1160 g/mol. The van der Waals surface area contributed by atoms with Crippen LogP contribution in [0.5, 0.6) is 5.75 Å². The molecule has 82 heavy (non-hydrogen) atoms. The van der Waals surface area contributed by atoms with Gasteiger partial charge in [-0.1, -0.05) is 92.8 Å². The molecule has 4 atom stereocenters. The molecule has 5 N–H and O–H groups in total. The van der Waals surface area contributed by atoms with Crippen molar-refractivity contribution >= 4 is 73.4 Å². The largest absolute Gasteiger partial charge is 0.490 e. The Bertz CT molecular complexity index is 3520. The number of aromatic carboxylic acids is 1. The number of carbonyl (C=O) groups excluding carboxylic acids is 4. The SMILES string of the molecule is Cc1ncsc1-c1ccc([C@@H](NC(=O)[C@@H]2C[C@@H](O)CN2C(=O)C(NC(=O)CC2CCC(Oc3cccc(-c4ccc(N5CCc6cccc(C(=O)Nc7nc8ccccc8s7)c6C5)nc4C(=O)O)c3C)CC2)C(C)(C)C)C(F)(F)F)cc1. The van der Waals surface area contributed by atoms with Crippen molar-refractivity contribution in [1.82, 2.24) is 30.5 Å². The van der Waals surface area contributed by atoms with E-state index in [0.29, 0.717) is 84.1 Å². The van der Waals surface area contributed by atoms with Crippen LogP contribution < -0.4 is 25.6 Å². The van der Waals surface area contributed by atoms with Gasteiger partial charge in [0.1, 0.15) is 23.7 Å². The number of aryl methyl sites for hydroxylation is 1. The average molecular weight is 1160 g/mol. The Morgan fingerprint density at radius 3 is 2.29 bits per heavy atom. The Balaban J connectivity index is 0.751. The van der Waals surface area contributed by atoms with Crippen molar-refractivity contribution < 1.29 is 52.1 Å². The van der Waals surface area contributed by atoms with E-state index in [9.17, 15) is 47.4 Å². The molecular weight excluding hydrogens is 1090 g/mol. The maximum Gasteiger partial charge on any atom is 0.412 e. The highest BCUT2D eigenvalue weighted by molar-refractivity contribution is 7.22. The van der Waals surface area contributed by atoms with E-state index >= 15 is 0 Å². The molecule has 3 aliphatic rings. The fraction of sp³-hybridized carbons (Fsp3) is 0.377. The minimum atomic E-state index is -4.89. The summed E-state index contributed by atoms with van der Waals surface area (Å²) in [5.74, 6) is -2.65. The number of carbonyl (C=O) groups is 5. The Morgan fingerprint density at radius 2 is 1.60 bits per heavy atom. The van der Waals surface area contributed by atoms with Crippen LogP contribution in [0.15, 0.2) is 103 Å². The third-order valence-electron chi connectivity index (χ3n) is 15.7. The molecule has 2 fully saturated rings. The number of thiazole rings is 2. The van der Waals surface area contributed by atoms with Crippen molar-refractivity contribution in [3.8, 4) is 27.3 Å². The number of pyridine rings is 1. The van der Waals surface area contributed by atoms with Gasteiger partial charge in [-0.2, -0.15) is 13.2 Å². The molecule has 5 heterocycles. The molecule has 4 aromatic carbocycles. The normalized spacial score (nSPS) is 19.0. The number of anilines is 2. The second-order valence-electron chi connectivity index (χ2n) is 22.5.